The summed E-state index contributed by atoms with van der Waals surface area (Å²) in [6, 6.07) is 0. The van der Waals surface area contributed by atoms with Crippen LogP contribution in [-0.4, -0.2) is 23.7 Å². The van der Waals surface area contributed by atoms with Gasteiger partial charge >= 0.3 is 11.9 Å². The summed E-state index contributed by atoms with van der Waals surface area (Å²) in [6.07, 6.45) is 14.2. The van der Waals surface area contributed by atoms with E-state index in [0.29, 0.717) is 41.6 Å². The van der Waals surface area contributed by atoms with Crippen LogP contribution in [-0.2, 0) is 14.3 Å². The summed E-state index contributed by atoms with van der Waals surface area (Å²) < 4.78 is 5.16. The Labute approximate surface area is 194 Å². The van der Waals surface area contributed by atoms with Crippen molar-refractivity contribution in [3.8, 4) is 0 Å². The molecule has 0 aromatic rings. The van der Waals surface area contributed by atoms with Crippen molar-refractivity contribution in [1.82, 2.24) is 0 Å². The van der Waals surface area contributed by atoms with Crippen LogP contribution >= 0.6 is 0 Å². The van der Waals surface area contributed by atoms with Gasteiger partial charge in [-0.15, -0.1) is 0 Å². The molecule has 0 radical (unpaired) electrons. The second kappa shape index (κ2) is 9.14. The Bertz CT molecular complexity index is 757. The summed E-state index contributed by atoms with van der Waals surface area (Å²) in [4.78, 5) is 23.1. The zero-order chi connectivity index (χ0) is 23.1. The molecule has 8 atom stereocenters. The van der Waals surface area contributed by atoms with E-state index < -0.39 is 5.97 Å². The van der Waals surface area contributed by atoms with Gasteiger partial charge in [0.1, 0.15) is 0 Å². The third-order valence-electron chi connectivity index (χ3n) is 10.7. The normalized spacial score (nSPS) is 43.1. The fourth-order valence-electron chi connectivity index (χ4n) is 9.12. The lowest BCUT2D eigenvalue weighted by atomic mass is 9.44. The molecule has 0 spiro atoms. The third kappa shape index (κ3) is 4.16. The Morgan fingerprint density at radius 2 is 1.84 bits per heavy atom. The van der Waals surface area contributed by atoms with Crippen LogP contribution in [0.1, 0.15) is 98.3 Å². The molecule has 4 fully saturated rings. The first kappa shape index (κ1) is 23.8. The van der Waals surface area contributed by atoms with Crippen molar-refractivity contribution in [2.75, 3.05) is 6.61 Å². The van der Waals surface area contributed by atoms with E-state index in [1.807, 2.05) is 6.92 Å². The molecule has 4 aliphatic carbocycles. The number of carbonyl (C=O) groups excluding carboxylic acids is 1. The topological polar surface area (TPSA) is 63.6 Å². The molecule has 5 unspecified atom stereocenters. The van der Waals surface area contributed by atoms with E-state index in [9.17, 15) is 9.59 Å². The summed E-state index contributed by atoms with van der Waals surface area (Å²) in [5, 5.41) is 9.16. The molecular formula is C28H44O4. The summed E-state index contributed by atoms with van der Waals surface area (Å²) in [5.41, 5.74) is 2.10. The van der Waals surface area contributed by atoms with Crippen molar-refractivity contribution >= 4 is 11.9 Å². The van der Waals surface area contributed by atoms with Gasteiger partial charge in [0.05, 0.1) is 6.61 Å². The molecule has 1 N–H and O–H groups in total. The highest BCUT2D eigenvalue weighted by molar-refractivity contribution is 5.82. The van der Waals surface area contributed by atoms with Crippen LogP contribution in [0.2, 0.25) is 0 Å². The number of carbonyl (C=O) groups is 2. The molecule has 0 aromatic heterocycles. The van der Waals surface area contributed by atoms with E-state index in [1.165, 1.54) is 50.5 Å². The van der Waals surface area contributed by atoms with Crippen LogP contribution in [0.15, 0.2) is 11.6 Å². The number of carboxylic acids is 1. The van der Waals surface area contributed by atoms with Gasteiger partial charge in [0.2, 0.25) is 0 Å². The van der Waals surface area contributed by atoms with Crippen molar-refractivity contribution in [2.24, 2.45) is 46.3 Å². The summed E-state index contributed by atoms with van der Waals surface area (Å²) in [7, 11) is 0. The molecule has 0 amide bonds. The molecule has 4 rings (SSSR count). The maximum atomic E-state index is 12.0. The molecule has 4 saturated carbocycles. The number of hydrogen-bond acceptors (Lipinski definition) is 3. The van der Waals surface area contributed by atoms with Crippen molar-refractivity contribution in [3.63, 3.8) is 0 Å². The van der Waals surface area contributed by atoms with E-state index in [2.05, 4.69) is 20.8 Å². The molecule has 32 heavy (non-hydrogen) atoms. The zero-order valence-electron chi connectivity index (χ0n) is 20.7. The fraction of sp³-hybridized carbons (Fsp3) is 0.857. The summed E-state index contributed by atoms with van der Waals surface area (Å²) >= 11 is 0. The summed E-state index contributed by atoms with van der Waals surface area (Å²) in [5.74, 6) is 3.54. The lowest BCUT2D eigenvalue weighted by Crippen LogP contribution is -2.53. The van der Waals surface area contributed by atoms with Gasteiger partial charge in [-0.2, -0.15) is 0 Å². The minimum Gasteiger partial charge on any atom is -0.481 e. The Kier molecular flexibility index (Phi) is 6.81. The Hall–Kier alpha value is -1.32. The fourth-order valence-corrected chi connectivity index (χ4v) is 9.12. The van der Waals surface area contributed by atoms with E-state index >= 15 is 0 Å². The first-order valence-electron chi connectivity index (χ1n) is 13.3. The Balaban J connectivity index is 1.46. The maximum Gasteiger partial charge on any atom is 0.330 e. The second-order valence-electron chi connectivity index (χ2n) is 12.1. The zero-order valence-corrected chi connectivity index (χ0v) is 20.7. The average Bonchev–Trinajstić information content (AvgIpc) is 3.09. The van der Waals surface area contributed by atoms with Gasteiger partial charge in [0.15, 0.2) is 0 Å². The predicted octanol–water partition coefficient (Wildman–Crippen LogP) is 6.64. The Morgan fingerprint density at radius 1 is 1.09 bits per heavy atom. The molecule has 4 aliphatic rings. The largest absolute Gasteiger partial charge is 0.481 e. The van der Waals surface area contributed by atoms with Crippen LogP contribution in [0.5, 0.6) is 0 Å². The molecule has 0 aromatic carbocycles. The van der Waals surface area contributed by atoms with Gasteiger partial charge in [-0.1, -0.05) is 26.3 Å². The van der Waals surface area contributed by atoms with Crippen LogP contribution in [0.4, 0.5) is 0 Å². The highest BCUT2D eigenvalue weighted by Gasteiger charge is 2.60. The number of ether oxygens (including phenoxy) is 1. The minimum absolute atomic E-state index is 0.165. The van der Waals surface area contributed by atoms with E-state index in [-0.39, 0.29) is 5.97 Å². The molecule has 0 heterocycles. The standard InChI is InChI=1S/C28H44O4/c1-5-32-26(31)17-19-12-14-27(3)20(16-19)7-8-21-23-10-9-22(18(2)6-11-25(29)30)28(23,4)15-13-24(21)27/h17-18,20-24H,5-16H2,1-4H3,(H,29,30)/b19-17-/t18?,20?,21?,22-,23+,24+,27?,28?/m1/s1. The number of allylic oxidation sites excluding steroid dienone is 1. The number of fused-ring (bicyclic) bond motifs is 5. The van der Waals surface area contributed by atoms with Crippen molar-refractivity contribution in [2.45, 2.75) is 98.3 Å². The lowest BCUT2D eigenvalue weighted by molar-refractivity contribution is -0.138. The van der Waals surface area contributed by atoms with Gasteiger partial charge in [-0.25, -0.2) is 4.79 Å². The maximum absolute atomic E-state index is 12.0. The van der Waals surface area contributed by atoms with E-state index in [0.717, 1.165) is 37.0 Å². The van der Waals surface area contributed by atoms with Gasteiger partial charge < -0.3 is 9.84 Å². The third-order valence-corrected chi connectivity index (χ3v) is 10.7. The predicted molar refractivity (Wildman–Crippen MR) is 126 cm³/mol. The van der Waals surface area contributed by atoms with Gasteiger partial charge in [-0.05, 0) is 117 Å². The summed E-state index contributed by atoms with van der Waals surface area (Å²) in [6.45, 7) is 9.75. The molecule has 180 valence electrons. The van der Waals surface area contributed by atoms with Crippen molar-refractivity contribution < 1.29 is 19.4 Å². The highest BCUT2D eigenvalue weighted by Crippen LogP contribution is 2.68. The number of rotatable bonds is 6. The molecule has 4 nitrogen and oxygen atoms in total. The quantitative estimate of drug-likeness (QED) is 0.369. The molecule has 4 heteroatoms. The number of carboxylic acid groups (broad SMARTS) is 1. The first-order chi connectivity index (χ1) is 15.2. The molecule has 0 bridgehead atoms. The van der Waals surface area contributed by atoms with Crippen molar-refractivity contribution in [3.05, 3.63) is 11.6 Å². The van der Waals surface area contributed by atoms with Crippen LogP contribution in [0.3, 0.4) is 0 Å². The SMILES string of the molecule is CCOC(=O)/C=C1/CCC2(C)C(CCC3[C@@H]2CCC2(C)[C@@H](C(C)CCC(=O)O)CC[C@@H]32)C1. The smallest absolute Gasteiger partial charge is 0.330 e. The number of aliphatic carboxylic acids is 1. The van der Waals surface area contributed by atoms with E-state index in [4.69, 9.17) is 9.84 Å². The van der Waals surface area contributed by atoms with E-state index in [1.54, 1.807) is 6.08 Å². The Morgan fingerprint density at radius 3 is 2.56 bits per heavy atom. The molecular weight excluding hydrogens is 400 g/mol. The first-order valence-corrected chi connectivity index (χ1v) is 13.3. The van der Waals surface area contributed by atoms with Gasteiger partial charge in [-0.3, -0.25) is 4.79 Å². The van der Waals surface area contributed by atoms with Gasteiger partial charge in [0, 0.05) is 12.5 Å². The minimum atomic E-state index is -0.653. The van der Waals surface area contributed by atoms with Gasteiger partial charge in [0.25, 0.3) is 0 Å². The molecule has 0 aliphatic heterocycles. The molecule has 0 saturated heterocycles. The van der Waals surface area contributed by atoms with Crippen LogP contribution < -0.4 is 0 Å². The lowest BCUT2D eigenvalue weighted by Gasteiger charge is -2.61. The number of hydrogen-bond donors (Lipinski definition) is 1. The van der Waals surface area contributed by atoms with Crippen LogP contribution in [0.25, 0.3) is 0 Å². The van der Waals surface area contributed by atoms with Crippen molar-refractivity contribution in [1.29, 1.82) is 0 Å². The van der Waals surface area contributed by atoms with Crippen LogP contribution in [0, 0.1) is 46.3 Å². The average molecular weight is 445 g/mol. The number of esters is 1. The highest BCUT2D eigenvalue weighted by atomic mass is 16.5. The monoisotopic (exact) mass is 444 g/mol. The second-order valence-corrected chi connectivity index (χ2v) is 12.1.